The molecule has 16 heavy (non-hydrogen) atoms. The van der Waals surface area contributed by atoms with Gasteiger partial charge in [-0.25, -0.2) is 0 Å². The van der Waals surface area contributed by atoms with E-state index in [1.54, 1.807) is 0 Å². The largest absolute Gasteiger partial charge is 0.357 e. The van der Waals surface area contributed by atoms with Crippen molar-refractivity contribution in [2.45, 2.75) is 38.5 Å². The van der Waals surface area contributed by atoms with Crippen LogP contribution in [0.4, 0.5) is 0 Å². The van der Waals surface area contributed by atoms with Crippen LogP contribution in [0.5, 0.6) is 0 Å². The van der Waals surface area contributed by atoms with Gasteiger partial charge in [-0.05, 0) is 30.5 Å². The highest BCUT2D eigenvalue weighted by Crippen LogP contribution is 2.27. The molecule has 1 fully saturated rings. The Hall–Kier alpha value is -1.31. The van der Waals surface area contributed by atoms with Gasteiger partial charge >= 0.3 is 0 Å². The number of pyridine rings is 1. The van der Waals surface area contributed by atoms with E-state index in [2.05, 4.69) is 22.1 Å². The third-order valence-electron chi connectivity index (χ3n) is 3.68. The fourth-order valence-corrected chi connectivity index (χ4v) is 2.82. The van der Waals surface area contributed by atoms with Crippen LogP contribution >= 0.6 is 0 Å². The van der Waals surface area contributed by atoms with Gasteiger partial charge in [0.15, 0.2) is 0 Å². The topological polar surface area (TPSA) is 28.7 Å². The Morgan fingerprint density at radius 1 is 1.25 bits per heavy atom. The highest BCUT2D eigenvalue weighted by molar-refractivity contribution is 5.75. The van der Waals surface area contributed by atoms with E-state index in [9.17, 15) is 0 Å². The number of nitrogens with zero attached hydrogens (tertiary/aromatic N) is 1. The fourth-order valence-electron chi connectivity index (χ4n) is 2.82. The van der Waals surface area contributed by atoms with E-state index in [1.807, 2.05) is 12.3 Å². The molecule has 0 unspecified atom stereocenters. The number of aromatic nitrogens is 2. The minimum atomic E-state index is 0.891. The third-order valence-corrected chi connectivity index (χ3v) is 3.68. The van der Waals surface area contributed by atoms with Crippen LogP contribution in [-0.2, 0) is 6.42 Å². The summed E-state index contributed by atoms with van der Waals surface area (Å²) in [5.74, 6) is 0.891. The predicted octanol–water partition coefficient (Wildman–Crippen LogP) is 3.69. The van der Waals surface area contributed by atoms with Crippen molar-refractivity contribution in [3.05, 3.63) is 30.1 Å². The first kappa shape index (κ1) is 9.88. The van der Waals surface area contributed by atoms with Crippen molar-refractivity contribution in [2.24, 2.45) is 5.92 Å². The van der Waals surface area contributed by atoms with E-state index >= 15 is 0 Å². The molecule has 0 bridgehead atoms. The van der Waals surface area contributed by atoms with Gasteiger partial charge in [-0.3, -0.25) is 4.98 Å². The number of H-pyrrole nitrogens is 1. The molecule has 2 nitrogen and oxygen atoms in total. The summed E-state index contributed by atoms with van der Waals surface area (Å²) in [5.41, 5.74) is 3.64. The van der Waals surface area contributed by atoms with Crippen LogP contribution in [0.15, 0.2) is 24.4 Å². The number of nitrogens with one attached hydrogen (secondary N) is 1. The molecule has 1 saturated carbocycles. The molecule has 2 aromatic rings. The van der Waals surface area contributed by atoms with Crippen LogP contribution in [0, 0.1) is 5.92 Å². The average molecular weight is 214 g/mol. The number of hydrogen-bond donors (Lipinski definition) is 1. The van der Waals surface area contributed by atoms with Crippen molar-refractivity contribution >= 4 is 11.0 Å². The van der Waals surface area contributed by atoms with Gasteiger partial charge < -0.3 is 4.98 Å². The summed E-state index contributed by atoms with van der Waals surface area (Å²) in [5, 5.41) is 0. The first-order valence-corrected chi connectivity index (χ1v) is 6.34. The Morgan fingerprint density at radius 2 is 2.12 bits per heavy atom. The summed E-state index contributed by atoms with van der Waals surface area (Å²) >= 11 is 0. The lowest BCUT2D eigenvalue weighted by Crippen LogP contribution is -2.09. The molecule has 1 N–H and O–H groups in total. The molecule has 3 rings (SSSR count). The molecule has 1 aliphatic carbocycles. The van der Waals surface area contributed by atoms with Gasteiger partial charge in [0.25, 0.3) is 0 Å². The molecular weight excluding hydrogens is 196 g/mol. The van der Waals surface area contributed by atoms with Crippen molar-refractivity contribution in [1.29, 1.82) is 0 Å². The molecule has 1 aliphatic rings. The highest BCUT2D eigenvalue weighted by atomic mass is 14.8. The maximum Gasteiger partial charge on any atom is 0.0881 e. The smallest absolute Gasteiger partial charge is 0.0881 e. The van der Waals surface area contributed by atoms with Crippen molar-refractivity contribution in [1.82, 2.24) is 9.97 Å². The molecule has 0 amide bonds. The van der Waals surface area contributed by atoms with Crippen LogP contribution in [-0.4, -0.2) is 9.97 Å². The molecule has 2 heterocycles. The molecule has 0 radical (unpaired) electrons. The third kappa shape index (κ3) is 1.97. The van der Waals surface area contributed by atoms with Crippen LogP contribution in [0.3, 0.4) is 0 Å². The molecule has 0 aliphatic heterocycles. The summed E-state index contributed by atoms with van der Waals surface area (Å²) in [6, 6.07) is 6.31. The second-order valence-electron chi connectivity index (χ2n) is 4.94. The Kier molecular flexibility index (Phi) is 2.65. The zero-order chi connectivity index (χ0) is 10.8. The maximum atomic E-state index is 4.36. The standard InChI is InChI=1S/C14H18N2/c1-2-5-11(6-3-1)9-12-10-14-13(16-12)7-4-8-15-14/h4,7-8,10-11,16H,1-3,5-6,9H2. The van der Waals surface area contributed by atoms with E-state index < -0.39 is 0 Å². The Balaban J connectivity index is 1.78. The van der Waals surface area contributed by atoms with Crippen LogP contribution in [0.25, 0.3) is 11.0 Å². The molecule has 2 heteroatoms. The van der Waals surface area contributed by atoms with Gasteiger partial charge in [0.1, 0.15) is 0 Å². The van der Waals surface area contributed by atoms with Crippen LogP contribution < -0.4 is 0 Å². The zero-order valence-corrected chi connectivity index (χ0v) is 9.58. The number of hydrogen-bond acceptors (Lipinski definition) is 1. The minimum absolute atomic E-state index is 0.891. The van der Waals surface area contributed by atoms with Gasteiger partial charge in [0.2, 0.25) is 0 Å². The van der Waals surface area contributed by atoms with Crippen molar-refractivity contribution in [3.8, 4) is 0 Å². The van der Waals surface area contributed by atoms with Crippen LogP contribution in [0.2, 0.25) is 0 Å². The van der Waals surface area contributed by atoms with E-state index in [-0.39, 0.29) is 0 Å². The SMILES string of the molecule is c1cnc2cc(CC3CCCCC3)[nH]c2c1. The Morgan fingerprint density at radius 3 is 2.94 bits per heavy atom. The number of fused-ring (bicyclic) bond motifs is 1. The predicted molar refractivity (Wildman–Crippen MR) is 66.4 cm³/mol. The second-order valence-corrected chi connectivity index (χ2v) is 4.94. The molecule has 84 valence electrons. The Bertz CT molecular complexity index is 433. The lowest BCUT2D eigenvalue weighted by Gasteiger charge is -2.20. The quantitative estimate of drug-likeness (QED) is 0.811. The molecule has 2 aromatic heterocycles. The molecular formula is C14H18N2. The first-order valence-electron chi connectivity index (χ1n) is 6.34. The fraction of sp³-hybridized carbons (Fsp3) is 0.500. The second kappa shape index (κ2) is 4.28. The number of aromatic amines is 1. The van der Waals surface area contributed by atoms with Crippen LogP contribution in [0.1, 0.15) is 37.8 Å². The van der Waals surface area contributed by atoms with Crippen molar-refractivity contribution in [3.63, 3.8) is 0 Å². The van der Waals surface area contributed by atoms with Gasteiger partial charge in [-0.1, -0.05) is 32.1 Å². The molecule has 0 saturated heterocycles. The van der Waals surface area contributed by atoms with Crippen molar-refractivity contribution in [2.75, 3.05) is 0 Å². The van der Waals surface area contributed by atoms with E-state index in [4.69, 9.17) is 0 Å². The molecule has 0 atom stereocenters. The van der Waals surface area contributed by atoms with Gasteiger partial charge in [0.05, 0.1) is 11.0 Å². The van der Waals surface area contributed by atoms with Gasteiger partial charge in [0, 0.05) is 11.9 Å². The van der Waals surface area contributed by atoms with E-state index in [0.29, 0.717) is 0 Å². The first-order chi connectivity index (χ1) is 7.92. The summed E-state index contributed by atoms with van der Waals surface area (Å²) in [6.07, 6.45) is 10.2. The van der Waals surface area contributed by atoms with E-state index in [1.165, 1.54) is 49.7 Å². The highest BCUT2D eigenvalue weighted by Gasteiger charge is 2.14. The normalized spacial score (nSPS) is 18.0. The minimum Gasteiger partial charge on any atom is -0.357 e. The summed E-state index contributed by atoms with van der Waals surface area (Å²) in [7, 11) is 0. The maximum absolute atomic E-state index is 4.36. The van der Waals surface area contributed by atoms with Crippen molar-refractivity contribution < 1.29 is 0 Å². The van der Waals surface area contributed by atoms with Gasteiger partial charge in [-0.2, -0.15) is 0 Å². The molecule has 0 aromatic carbocycles. The molecule has 0 spiro atoms. The average Bonchev–Trinajstić information content (AvgIpc) is 2.72. The van der Waals surface area contributed by atoms with Gasteiger partial charge in [-0.15, -0.1) is 0 Å². The summed E-state index contributed by atoms with van der Waals surface area (Å²) in [6.45, 7) is 0. The lowest BCUT2D eigenvalue weighted by molar-refractivity contribution is 0.355. The summed E-state index contributed by atoms with van der Waals surface area (Å²) in [4.78, 5) is 7.84. The lowest BCUT2D eigenvalue weighted by atomic mass is 9.86. The zero-order valence-electron chi connectivity index (χ0n) is 9.58. The monoisotopic (exact) mass is 214 g/mol. The number of rotatable bonds is 2. The summed E-state index contributed by atoms with van der Waals surface area (Å²) < 4.78 is 0. The Labute approximate surface area is 96.1 Å². The van der Waals surface area contributed by atoms with E-state index in [0.717, 1.165) is 11.4 Å².